The first-order valence-corrected chi connectivity index (χ1v) is 4.41. The minimum atomic E-state index is -0.468. The molecule has 0 amide bonds. The minimum Gasteiger partial charge on any atom is -0.396 e. The molecule has 0 spiro atoms. The molecular weight excluding hydrogens is 195 g/mol. The molecule has 0 aliphatic carbocycles. The van der Waals surface area contributed by atoms with Crippen molar-refractivity contribution < 1.29 is 4.39 Å². The average Bonchev–Trinajstić information content (AvgIpc) is 2.24. The number of benzene rings is 1. The molecule has 0 aliphatic rings. The van der Waals surface area contributed by atoms with Gasteiger partial charge in [0.25, 0.3) is 0 Å². The largest absolute Gasteiger partial charge is 0.396 e. The van der Waals surface area contributed by atoms with E-state index in [1.165, 1.54) is 18.3 Å². The van der Waals surface area contributed by atoms with Gasteiger partial charge in [0.15, 0.2) is 5.82 Å². The summed E-state index contributed by atoms with van der Waals surface area (Å²) in [5, 5.41) is 0. The molecule has 0 aliphatic heterocycles. The van der Waals surface area contributed by atoms with Crippen molar-refractivity contribution in [3.05, 3.63) is 52.7 Å². The maximum absolute atomic E-state index is 13.6. The Bertz CT molecular complexity index is 528. The molecule has 0 unspecified atom stereocenters. The second-order valence-corrected chi connectivity index (χ2v) is 3.15. The molecule has 0 bridgehead atoms. The van der Waals surface area contributed by atoms with Crippen LogP contribution in [0.5, 0.6) is 0 Å². The van der Waals surface area contributed by atoms with Crippen LogP contribution in [0.15, 0.2) is 41.3 Å². The quantitative estimate of drug-likeness (QED) is 0.695. The van der Waals surface area contributed by atoms with E-state index in [4.69, 9.17) is 5.73 Å². The van der Waals surface area contributed by atoms with Gasteiger partial charge in [0.2, 0.25) is 5.56 Å². The summed E-state index contributed by atoms with van der Waals surface area (Å²) in [6, 6.07) is 7.66. The van der Waals surface area contributed by atoms with Crippen LogP contribution in [0.3, 0.4) is 0 Å². The number of H-pyrrole nitrogens is 1. The van der Waals surface area contributed by atoms with Crippen molar-refractivity contribution in [1.82, 2.24) is 4.98 Å². The Morgan fingerprint density at radius 3 is 2.67 bits per heavy atom. The zero-order chi connectivity index (χ0) is 10.8. The number of anilines is 1. The van der Waals surface area contributed by atoms with Crippen molar-refractivity contribution in [2.45, 2.75) is 0 Å². The normalized spacial score (nSPS) is 10.2. The van der Waals surface area contributed by atoms with Crippen LogP contribution in [0.25, 0.3) is 11.1 Å². The molecule has 2 rings (SSSR count). The van der Waals surface area contributed by atoms with Crippen LogP contribution in [0, 0.1) is 5.82 Å². The molecule has 76 valence electrons. The average molecular weight is 204 g/mol. The van der Waals surface area contributed by atoms with Gasteiger partial charge in [0.1, 0.15) is 0 Å². The lowest BCUT2D eigenvalue weighted by Crippen LogP contribution is -2.02. The summed E-state index contributed by atoms with van der Waals surface area (Å²) in [6.07, 6.45) is 1.46. The van der Waals surface area contributed by atoms with E-state index >= 15 is 0 Å². The van der Waals surface area contributed by atoms with Crippen LogP contribution in [0.2, 0.25) is 0 Å². The van der Waals surface area contributed by atoms with Crippen molar-refractivity contribution in [2.24, 2.45) is 0 Å². The second kappa shape index (κ2) is 3.57. The lowest BCUT2D eigenvalue weighted by atomic mass is 10.1. The number of aromatic nitrogens is 1. The molecule has 1 heterocycles. The molecule has 1 aromatic carbocycles. The van der Waals surface area contributed by atoms with Crippen LogP contribution in [-0.2, 0) is 0 Å². The van der Waals surface area contributed by atoms with Crippen molar-refractivity contribution >= 4 is 5.69 Å². The summed E-state index contributed by atoms with van der Waals surface area (Å²) in [5.74, 6) is -0.468. The molecular formula is C11H9FN2O. The van der Waals surface area contributed by atoms with Gasteiger partial charge in [-0.2, -0.15) is 0 Å². The van der Waals surface area contributed by atoms with Gasteiger partial charge in [-0.1, -0.05) is 12.1 Å². The predicted molar refractivity (Wildman–Crippen MR) is 56.9 cm³/mol. The van der Waals surface area contributed by atoms with E-state index in [-0.39, 0.29) is 11.2 Å². The van der Waals surface area contributed by atoms with Crippen LogP contribution in [0.4, 0.5) is 10.1 Å². The number of hydrogen-bond donors (Lipinski definition) is 2. The van der Waals surface area contributed by atoms with E-state index in [1.54, 1.807) is 18.2 Å². The van der Waals surface area contributed by atoms with Gasteiger partial charge in [-0.05, 0) is 12.1 Å². The summed E-state index contributed by atoms with van der Waals surface area (Å²) in [6.45, 7) is 0. The summed E-state index contributed by atoms with van der Waals surface area (Å²) in [5.41, 5.74) is 6.30. The van der Waals surface area contributed by atoms with Gasteiger partial charge in [-0.15, -0.1) is 0 Å². The molecule has 3 N–H and O–H groups in total. The highest BCUT2D eigenvalue weighted by Gasteiger charge is 2.06. The van der Waals surface area contributed by atoms with Gasteiger partial charge in [0.05, 0.1) is 5.69 Å². The van der Waals surface area contributed by atoms with Crippen molar-refractivity contribution in [2.75, 3.05) is 5.73 Å². The van der Waals surface area contributed by atoms with E-state index in [2.05, 4.69) is 4.98 Å². The predicted octanol–water partition coefficient (Wildman–Crippen LogP) is 1.76. The number of nitrogens with one attached hydrogen (secondary N) is 1. The van der Waals surface area contributed by atoms with Gasteiger partial charge in [-0.25, -0.2) is 4.39 Å². The third-order valence-electron chi connectivity index (χ3n) is 2.12. The van der Waals surface area contributed by atoms with Crippen molar-refractivity contribution in [1.29, 1.82) is 0 Å². The fourth-order valence-electron chi connectivity index (χ4n) is 1.35. The topological polar surface area (TPSA) is 58.9 Å². The highest BCUT2D eigenvalue weighted by atomic mass is 19.1. The molecule has 2 aromatic rings. The SMILES string of the molecule is Nc1cccc(-c2ccc(=O)[nH]c2)c1F. The van der Waals surface area contributed by atoms with Crippen LogP contribution in [-0.4, -0.2) is 4.98 Å². The Balaban J connectivity index is 2.59. The Morgan fingerprint density at radius 2 is 2.00 bits per heavy atom. The van der Waals surface area contributed by atoms with Gasteiger partial charge in [-0.3, -0.25) is 4.79 Å². The highest BCUT2D eigenvalue weighted by Crippen LogP contribution is 2.24. The first-order valence-electron chi connectivity index (χ1n) is 4.41. The maximum atomic E-state index is 13.6. The molecule has 0 saturated heterocycles. The first kappa shape index (κ1) is 9.45. The fourth-order valence-corrected chi connectivity index (χ4v) is 1.35. The van der Waals surface area contributed by atoms with Crippen LogP contribution in [0.1, 0.15) is 0 Å². The summed E-state index contributed by atoms with van der Waals surface area (Å²) in [7, 11) is 0. The second-order valence-electron chi connectivity index (χ2n) is 3.15. The maximum Gasteiger partial charge on any atom is 0.247 e. The van der Waals surface area contributed by atoms with Crippen LogP contribution < -0.4 is 11.3 Å². The van der Waals surface area contributed by atoms with E-state index in [1.807, 2.05) is 0 Å². The lowest BCUT2D eigenvalue weighted by Gasteiger charge is -2.04. The number of halogens is 1. The molecule has 4 heteroatoms. The minimum absolute atomic E-state index is 0.0960. The molecule has 0 radical (unpaired) electrons. The molecule has 15 heavy (non-hydrogen) atoms. The summed E-state index contributed by atoms with van der Waals surface area (Å²) >= 11 is 0. The number of aromatic amines is 1. The third-order valence-corrected chi connectivity index (χ3v) is 2.12. The number of hydrogen-bond acceptors (Lipinski definition) is 2. The fraction of sp³-hybridized carbons (Fsp3) is 0. The zero-order valence-electron chi connectivity index (χ0n) is 7.83. The molecule has 0 fully saturated rings. The van der Waals surface area contributed by atoms with E-state index < -0.39 is 5.82 Å². The Labute approximate surface area is 85.4 Å². The highest BCUT2D eigenvalue weighted by molar-refractivity contribution is 5.67. The first-order chi connectivity index (χ1) is 7.18. The van der Waals surface area contributed by atoms with E-state index in [9.17, 15) is 9.18 Å². The number of nitrogen functional groups attached to an aromatic ring is 1. The molecule has 0 atom stereocenters. The third kappa shape index (κ3) is 1.74. The van der Waals surface area contributed by atoms with Crippen molar-refractivity contribution in [3.8, 4) is 11.1 Å². The number of pyridine rings is 1. The lowest BCUT2D eigenvalue weighted by molar-refractivity contribution is 0.636. The van der Waals surface area contributed by atoms with Crippen molar-refractivity contribution in [3.63, 3.8) is 0 Å². The smallest absolute Gasteiger partial charge is 0.247 e. The van der Waals surface area contributed by atoms with Gasteiger partial charge >= 0.3 is 0 Å². The summed E-state index contributed by atoms with van der Waals surface area (Å²) in [4.78, 5) is 13.3. The Hall–Kier alpha value is -2.10. The molecule has 0 saturated carbocycles. The standard InChI is InChI=1S/C11H9FN2O/c12-11-8(2-1-3-9(11)13)7-4-5-10(15)14-6-7/h1-6H,13H2,(H,14,15). The zero-order valence-corrected chi connectivity index (χ0v) is 7.83. The Kier molecular flexibility index (Phi) is 2.25. The van der Waals surface area contributed by atoms with Crippen LogP contribution >= 0.6 is 0 Å². The molecule has 1 aromatic heterocycles. The number of nitrogens with two attached hydrogens (primary N) is 1. The monoisotopic (exact) mass is 204 g/mol. The van der Waals surface area contributed by atoms with E-state index in [0.29, 0.717) is 11.1 Å². The van der Waals surface area contributed by atoms with Gasteiger partial charge < -0.3 is 10.7 Å². The summed E-state index contributed by atoms with van der Waals surface area (Å²) < 4.78 is 13.6. The van der Waals surface area contributed by atoms with E-state index in [0.717, 1.165) is 0 Å². The number of rotatable bonds is 1. The molecule has 3 nitrogen and oxygen atoms in total. The van der Waals surface area contributed by atoms with Gasteiger partial charge in [0, 0.05) is 23.4 Å². The Morgan fingerprint density at radius 1 is 1.20 bits per heavy atom.